The van der Waals surface area contributed by atoms with Crippen LogP contribution < -0.4 is 5.73 Å². The molecular formula is C18H27Cl2N4O4P. The molecule has 4 N–H and O–H groups in total. The van der Waals surface area contributed by atoms with E-state index in [-0.39, 0.29) is 12.6 Å². The number of nitrogens with two attached hydrogens (primary N) is 1. The highest BCUT2D eigenvalue weighted by Gasteiger charge is 2.17. The summed E-state index contributed by atoms with van der Waals surface area (Å²) in [7, 11) is -3.10. The van der Waals surface area contributed by atoms with Crippen LogP contribution in [-0.2, 0) is 15.9 Å². The lowest BCUT2D eigenvalue weighted by Crippen LogP contribution is -2.30. The fraction of sp³-hybridized carbons (Fsp3) is 0.500. The van der Waals surface area contributed by atoms with Crippen molar-refractivity contribution in [2.45, 2.75) is 44.7 Å². The van der Waals surface area contributed by atoms with Crippen LogP contribution in [0.1, 0.15) is 37.7 Å². The highest BCUT2D eigenvalue weighted by Crippen LogP contribution is 2.35. The van der Waals surface area contributed by atoms with Gasteiger partial charge in [-0.15, -0.1) is 0 Å². The van der Waals surface area contributed by atoms with Crippen LogP contribution in [-0.4, -0.2) is 49.6 Å². The monoisotopic (exact) mass is 464 g/mol. The van der Waals surface area contributed by atoms with Gasteiger partial charge in [0.25, 0.3) is 0 Å². The molecule has 2 rings (SSSR count). The molecule has 8 nitrogen and oxygen atoms in total. The summed E-state index contributed by atoms with van der Waals surface area (Å²) in [5, 5.41) is 13.8. The van der Waals surface area contributed by atoms with Crippen LogP contribution in [0, 0.1) is 0 Å². The number of carbonyl (C=O) groups is 1. The van der Waals surface area contributed by atoms with E-state index < -0.39 is 19.4 Å². The lowest BCUT2D eigenvalue weighted by Gasteiger charge is -2.18. The summed E-state index contributed by atoms with van der Waals surface area (Å²) in [6.45, 7) is 4.13. The van der Waals surface area contributed by atoms with Crippen LogP contribution in [0.5, 0.6) is 0 Å². The summed E-state index contributed by atoms with van der Waals surface area (Å²) in [6, 6.07) is 4.65. The van der Waals surface area contributed by atoms with Gasteiger partial charge in [0.15, 0.2) is 7.37 Å². The molecule has 1 aromatic carbocycles. The minimum absolute atomic E-state index is 0.0412. The van der Waals surface area contributed by atoms with Gasteiger partial charge in [0.05, 0.1) is 0 Å². The number of hydrogen-bond acceptors (Lipinski definition) is 5. The molecule has 162 valence electrons. The number of carboxylic acid groups (broad SMARTS) is 1. The minimum atomic E-state index is -3.10. The molecular weight excluding hydrogens is 438 g/mol. The zero-order chi connectivity index (χ0) is 22.0. The van der Waals surface area contributed by atoms with E-state index in [1.807, 2.05) is 16.8 Å². The Kier molecular flexibility index (Phi) is 10.9. The van der Waals surface area contributed by atoms with E-state index in [1.54, 1.807) is 18.7 Å². The molecule has 1 heterocycles. The average molecular weight is 465 g/mol. The molecule has 0 aliphatic carbocycles. The Labute approximate surface area is 180 Å². The van der Waals surface area contributed by atoms with Crippen molar-refractivity contribution < 1.29 is 19.4 Å². The predicted octanol–water partition coefficient (Wildman–Crippen LogP) is 3.86. The van der Waals surface area contributed by atoms with E-state index in [0.29, 0.717) is 10.9 Å². The Morgan fingerprint density at radius 1 is 1.34 bits per heavy atom. The van der Waals surface area contributed by atoms with Gasteiger partial charge in [-0.25, -0.2) is 4.98 Å². The first-order valence-corrected chi connectivity index (χ1v) is 12.1. The van der Waals surface area contributed by atoms with Crippen molar-refractivity contribution in [1.82, 2.24) is 14.8 Å². The zero-order valence-electron chi connectivity index (χ0n) is 16.4. The molecule has 29 heavy (non-hydrogen) atoms. The number of nitrogens with zero attached hydrogens (tertiary/aromatic N) is 3. The number of aromatic nitrogens is 3. The van der Waals surface area contributed by atoms with Gasteiger partial charge >= 0.3 is 5.97 Å². The molecule has 3 atom stereocenters. The second-order valence-corrected chi connectivity index (χ2v) is 10.2. The zero-order valence-corrected chi connectivity index (χ0v) is 18.8. The largest absolute Gasteiger partial charge is 0.480 e. The lowest BCUT2D eigenvalue weighted by atomic mass is 9.94. The molecule has 3 unspecified atom stereocenters. The quantitative estimate of drug-likeness (QED) is 0.479. The Balaban J connectivity index is 0.000000331. The van der Waals surface area contributed by atoms with Crippen LogP contribution >= 0.6 is 30.6 Å². The summed E-state index contributed by atoms with van der Waals surface area (Å²) < 4.78 is 12.5. The maximum atomic E-state index is 10.6. The van der Waals surface area contributed by atoms with Crippen molar-refractivity contribution in [3.8, 4) is 0 Å². The Hall–Kier alpha value is -1.44. The summed E-state index contributed by atoms with van der Waals surface area (Å²) in [5.41, 5.74) is 6.22. The standard InChI is InChI=1S/C13H15Cl2N3.C5H12NO4P/c1-2-3-10(7-18-9-16-8-17-18)12-5-4-11(14)6-13(12)15;1-11(9,10)3-2-4(6)5(7)8/h4-6,8-10H,2-3,7H2,1H3;4H,2-3,6H2,1H3,(H,7,8)(H,9,10). The SMILES string of the molecule is CCCC(Cn1cncn1)c1ccc(Cl)cc1Cl.CP(=O)(O)CCC(N)C(=O)O. The first kappa shape index (κ1) is 25.6. The summed E-state index contributed by atoms with van der Waals surface area (Å²) in [4.78, 5) is 22.8. The number of aliphatic carboxylic acids is 1. The van der Waals surface area contributed by atoms with Gasteiger partial charge in [-0.1, -0.05) is 42.6 Å². The molecule has 0 fully saturated rings. The van der Waals surface area contributed by atoms with E-state index in [9.17, 15) is 9.36 Å². The number of carboxylic acids is 1. The fourth-order valence-electron chi connectivity index (χ4n) is 2.58. The first-order valence-electron chi connectivity index (χ1n) is 9.08. The third kappa shape index (κ3) is 10.2. The number of benzene rings is 1. The van der Waals surface area contributed by atoms with E-state index in [4.69, 9.17) is 38.9 Å². The normalized spacial score (nSPS) is 15.0. The molecule has 0 aliphatic heterocycles. The van der Waals surface area contributed by atoms with E-state index in [1.165, 1.54) is 6.66 Å². The maximum Gasteiger partial charge on any atom is 0.320 e. The van der Waals surface area contributed by atoms with Gasteiger partial charge in [-0.3, -0.25) is 14.0 Å². The van der Waals surface area contributed by atoms with Crippen molar-refractivity contribution in [2.75, 3.05) is 12.8 Å². The number of halogens is 2. The van der Waals surface area contributed by atoms with Crippen molar-refractivity contribution >= 4 is 36.5 Å². The Bertz CT molecular complexity index is 814. The molecule has 2 aromatic rings. The van der Waals surface area contributed by atoms with Gasteiger partial charge in [0, 0.05) is 35.3 Å². The number of hydrogen-bond donors (Lipinski definition) is 3. The van der Waals surface area contributed by atoms with Crippen LogP contribution in [0.4, 0.5) is 0 Å². The van der Waals surface area contributed by atoms with Crippen LogP contribution in [0.3, 0.4) is 0 Å². The topological polar surface area (TPSA) is 131 Å². The van der Waals surface area contributed by atoms with E-state index >= 15 is 0 Å². The van der Waals surface area contributed by atoms with Crippen molar-refractivity contribution in [3.63, 3.8) is 0 Å². The molecule has 0 saturated carbocycles. The molecule has 0 saturated heterocycles. The molecule has 11 heteroatoms. The molecule has 0 aliphatic rings. The number of rotatable bonds is 9. The lowest BCUT2D eigenvalue weighted by molar-refractivity contribution is -0.138. The van der Waals surface area contributed by atoms with Crippen molar-refractivity contribution in [1.29, 1.82) is 0 Å². The molecule has 0 spiro atoms. The summed E-state index contributed by atoms with van der Waals surface area (Å²) >= 11 is 12.2. The molecule has 0 amide bonds. The van der Waals surface area contributed by atoms with Gasteiger partial charge < -0.3 is 15.7 Å². The second kappa shape index (κ2) is 12.3. The highest BCUT2D eigenvalue weighted by atomic mass is 35.5. The Morgan fingerprint density at radius 2 is 2.03 bits per heavy atom. The van der Waals surface area contributed by atoms with Crippen LogP contribution in [0.25, 0.3) is 0 Å². The Morgan fingerprint density at radius 3 is 2.52 bits per heavy atom. The molecule has 0 radical (unpaired) electrons. The average Bonchev–Trinajstić information content (AvgIpc) is 3.12. The third-order valence-corrected chi connectivity index (χ3v) is 5.74. The van der Waals surface area contributed by atoms with Gasteiger partial charge in [-0.05, 0) is 30.5 Å². The second-order valence-electron chi connectivity index (χ2n) is 6.78. The van der Waals surface area contributed by atoms with E-state index in [0.717, 1.165) is 30.0 Å². The van der Waals surface area contributed by atoms with Gasteiger partial charge in [0.1, 0.15) is 18.7 Å². The maximum absolute atomic E-state index is 10.6. The fourth-order valence-corrected chi connectivity index (χ4v) is 3.90. The van der Waals surface area contributed by atoms with Crippen molar-refractivity contribution in [2.24, 2.45) is 5.73 Å². The summed E-state index contributed by atoms with van der Waals surface area (Å²) in [5.74, 6) is -0.806. The van der Waals surface area contributed by atoms with Crippen LogP contribution in [0.15, 0.2) is 30.9 Å². The smallest absolute Gasteiger partial charge is 0.320 e. The van der Waals surface area contributed by atoms with Crippen molar-refractivity contribution in [3.05, 3.63) is 46.5 Å². The van der Waals surface area contributed by atoms with Crippen LogP contribution in [0.2, 0.25) is 10.0 Å². The third-order valence-electron chi connectivity index (χ3n) is 4.09. The highest BCUT2D eigenvalue weighted by molar-refractivity contribution is 7.57. The van der Waals surface area contributed by atoms with E-state index in [2.05, 4.69) is 17.0 Å². The van der Waals surface area contributed by atoms with Gasteiger partial charge in [-0.2, -0.15) is 5.10 Å². The first-order chi connectivity index (χ1) is 13.5. The molecule has 1 aromatic heterocycles. The summed E-state index contributed by atoms with van der Waals surface area (Å²) in [6.07, 6.45) is 5.43. The predicted molar refractivity (Wildman–Crippen MR) is 115 cm³/mol. The minimum Gasteiger partial charge on any atom is -0.480 e. The molecule has 0 bridgehead atoms. The van der Waals surface area contributed by atoms with Gasteiger partial charge in [0.2, 0.25) is 0 Å².